The maximum absolute atomic E-state index is 13.5. The van der Waals surface area contributed by atoms with Crippen molar-refractivity contribution in [1.29, 1.82) is 0 Å². The number of rotatable bonds is 6. The first-order valence-electron chi connectivity index (χ1n) is 10.5. The van der Waals surface area contributed by atoms with Crippen molar-refractivity contribution < 1.29 is 9.59 Å². The van der Waals surface area contributed by atoms with E-state index >= 15 is 0 Å². The van der Waals surface area contributed by atoms with E-state index in [-0.39, 0.29) is 24.4 Å². The van der Waals surface area contributed by atoms with Crippen LogP contribution < -0.4 is 0 Å². The average Bonchev–Trinajstić information content (AvgIpc) is 3.28. The smallest absolute Gasteiger partial charge is 0.254 e. The minimum absolute atomic E-state index is 0.0328. The SMILES string of the molecule is CCCN(CC(=O)N1CCc2sccc2C1c1ccc(Cl)cc1)C(=O)c1ccccc1. The van der Waals surface area contributed by atoms with Crippen LogP contribution in [0.4, 0.5) is 0 Å². The van der Waals surface area contributed by atoms with E-state index in [0.29, 0.717) is 23.7 Å². The quantitative estimate of drug-likeness (QED) is 0.500. The fraction of sp³-hybridized carbons (Fsp3) is 0.280. The summed E-state index contributed by atoms with van der Waals surface area (Å²) in [5.41, 5.74) is 2.81. The van der Waals surface area contributed by atoms with Gasteiger partial charge in [0.1, 0.15) is 6.54 Å². The number of carbonyl (C=O) groups excluding carboxylic acids is 2. The molecular weight excluding hydrogens is 428 g/mol. The summed E-state index contributed by atoms with van der Waals surface area (Å²) in [6.45, 7) is 3.28. The van der Waals surface area contributed by atoms with Crippen LogP contribution in [0.15, 0.2) is 66.0 Å². The Balaban J connectivity index is 1.61. The Kier molecular flexibility index (Phi) is 6.73. The number of halogens is 1. The highest BCUT2D eigenvalue weighted by Crippen LogP contribution is 2.38. The van der Waals surface area contributed by atoms with Crippen LogP contribution >= 0.6 is 22.9 Å². The number of benzene rings is 2. The van der Waals surface area contributed by atoms with Gasteiger partial charge in [-0.3, -0.25) is 9.59 Å². The molecule has 0 radical (unpaired) electrons. The Bertz CT molecular complexity index is 1050. The molecule has 0 N–H and O–H groups in total. The molecule has 1 atom stereocenters. The summed E-state index contributed by atoms with van der Waals surface area (Å²) in [6, 6.07) is 18.8. The van der Waals surface area contributed by atoms with Crippen LogP contribution in [0.3, 0.4) is 0 Å². The van der Waals surface area contributed by atoms with Gasteiger partial charge in [-0.2, -0.15) is 0 Å². The summed E-state index contributed by atoms with van der Waals surface area (Å²) in [5, 5.41) is 2.76. The molecule has 3 aromatic rings. The van der Waals surface area contributed by atoms with Crippen molar-refractivity contribution in [3.8, 4) is 0 Å². The van der Waals surface area contributed by atoms with Gasteiger partial charge in [0.2, 0.25) is 5.91 Å². The van der Waals surface area contributed by atoms with Gasteiger partial charge in [-0.1, -0.05) is 48.9 Å². The predicted molar refractivity (Wildman–Crippen MR) is 126 cm³/mol. The second-order valence-corrected chi connectivity index (χ2v) is 9.12. The van der Waals surface area contributed by atoms with Gasteiger partial charge in [-0.15, -0.1) is 11.3 Å². The van der Waals surface area contributed by atoms with Crippen molar-refractivity contribution in [2.75, 3.05) is 19.6 Å². The van der Waals surface area contributed by atoms with Gasteiger partial charge in [0.05, 0.1) is 6.04 Å². The molecule has 160 valence electrons. The Labute approximate surface area is 192 Å². The highest BCUT2D eigenvalue weighted by atomic mass is 35.5. The van der Waals surface area contributed by atoms with E-state index in [1.165, 1.54) is 10.4 Å². The lowest BCUT2D eigenvalue weighted by atomic mass is 9.93. The Morgan fingerprint density at radius 1 is 1.10 bits per heavy atom. The van der Waals surface area contributed by atoms with Crippen molar-refractivity contribution in [2.24, 2.45) is 0 Å². The largest absolute Gasteiger partial charge is 0.330 e. The molecule has 0 fully saturated rings. The van der Waals surface area contributed by atoms with E-state index in [4.69, 9.17) is 11.6 Å². The standard InChI is InChI=1S/C25H25ClN2O2S/c1-2-14-27(25(30)19-6-4-3-5-7-19)17-23(29)28-15-12-22-21(13-16-31-22)24(28)18-8-10-20(26)11-9-18/h3-11,13,16,24H,2,12,14-15,17H2,1H3. The summed E-state index contributed by atoms with van der Waals surface area (Å²) in [5.74, 6) is -0.137. The molecule has 0 saturated carbocycles. The summed E-state index contributed by atoms with van der Waals surface area (Å²) in [4.78, 5) is 31.4. The zero-order valence-electron chi connectivity index (χ0n) is 17.5. The fourth-order valence-electron chi connectivity index (χ4n) is 4.13. The van der Waals surface area contributed by atoms with Gasteiger partial charge in [0.15, 0.2) is 0 Å². The van der Waals surface area contributed by atoms with Gasteiger partial charge in [0, 0.05) is 28.6 Å². The fourth-order valence-corrected chi connectivity index (χ4v) is 5.16. The second-order valence-electron chi connectivity index (χ2n) is 7.68. The lowest BCUT2D eigenvalue weighted by molar-refractivity contribution is -0.134. The van der Waals surface area contributed by atoms with E-state index < -0.39 is 0 Å². The number of fused-ring (bicyclic) bond motifs is 1. The van der Waals surface area contributed by atoms with Crippen molar-refractivity contribution >= 4 is 34.8 Å². The molecular formula is C25H25ClN2O2S. The predicted octanol–water partition coefficient (Wildman–Crippen LogP) is 5.43. The maximum atomic E-state index is 13.5. The number of thiophene rings is 1. The van der Waals surface area contributed by atoms with E-state index in [9.17, 15) is 9.59 Å². The van der Waals surface area contributed by atoms with Gasteiger partial charge in [0.25, 0.3) is 5.91 Å². The van der Waals surface area contributed by atoms with Crippen molar-refractivity contribution in [3.05, 3.63) is 92.6 Å². The van der Waals surface area contributed by atoms with Crippen LogP contribution in [0.5, 0.6) is 0 Å². The summed E-state index contributed by atoms with van der Waals surface area (Å²) >= 11 is 7.84. The molecule has 6 heteroatoms. The van der Waals surface area contributed by atoms with Gasteiger partial charge in [-0.25, -0.2) is 0 Å². The third-order valence-corrected chi connectivity index (χ3v) is 6.85. The first kappa shape index (κ1) is 21.6. The second kappa shape index (κ2) is 9.67. The summed E-state index contributed by atoms with van der Waals surface area (Å²) < 4.78 is 0. The third-order valence-electron chi connectivity index (χ3n) is 5.60. The Hall–Kier alpha value is -2.63. The van der Waals surface area contributed by atoms with Crippen LogP contribution in [-0.4, -0.2) is 41.2 Å². The zero-order chi connectivity index (χ0) is 21.8. The van der Waals surface area contributed by atoms with Gasteiger partial charge >= 0.3 is 0 Å². The number of hydrogen-bond donors (Lipinski definition) is 0. The van der Waals surface area contributed by atoms with Crippen LogP contribution in [-0.2, 0) is 11.2 Å². The number of hydrogen-bond acceptors (Lipinski definition) is 3. The molecule has 0 bridgehead atoms. The molecule has 2 amide bonds. The lowest BCUT2D eigenvalue weighted by Gasteiger charge is -2.37. The molecule has 31 heavy (non-hydrogen) atoms. The normalized spacial score (nSPS) is 15.4. The molecule has 4 rings (SSSR count). The van der Waals surface area contributed by atoms with E-state index in [1.807, 2.05) is 54.3 Å². The van der Waals surface area contributed by atoms with E-state index in [2.05, 4.69) is 11.4 Å². The van der Waals surface area contributed by atoms with Crippen molar-refractivity contribution in [1.82, 2.24) is 9.80 Å². The molecule has 1 aliphatic heterocycles. The Morgan fingerprint density at radius 2 is 1.84 bits per heavy atom. The summed E-state index contributed by atoms with van der Waals surface area (Å²) in [6.07, 6.45) is 1.63. The van der Waals surface area contributed by atoms with Crippen molar-refractivity contribution in [3.63, 3.8) is 0 Å². The van der Waals surface area contributed by atoms with E-state index in [0.717, 1.165) is 18.4 Å². The molecule has 0 saturated heterocycles. The highest BCUT2D eigenvalue weighted by Gasteiger charge is 2.34. The van der Waals surface area contributed by atoms with Crippen LogP contribution in [0.1, 0.15) is 45.7 Å². The molecule has 0 aliphatic carbocycles. The molecule has 2 aromatic carbocycles. The van der Waals surface area contributed by atoms with E-state index in [1.54, 1.807) is 28.4 Å². The minimum atomic E-state index is -0.157. The summed E-state index contributed by atoms with van der Waals surface area (Å²) in [7, 11) is 0. The molecule has 2 heterocycles. The average molecular weight is 453 g/mol. The van der Waals surface area contributed by atoms with Crippen LogP contribution in [0.2, 0.25) is 5.02 Å². The number of nitrogens with zero attached hydrogens (tertiary/aromatic N) is 2. The molecule has 1 aromatic heterocycles. The monoisotopic (exact) mass is 452 g/mol. The lowest BCUT2D eigenvalue weighted by Crippen LogP contribution is -2.47. The number of amides is 2. The highest BCUT2D eigenvalue weighted by molar-refractivity contribution is 7.10. The zero-order valence-corrected chi connectivity index (χ0v) is 19.0. The van der Waals surface area contributed by atoms with Gasteiger partial charge in [-0.05, 0) is 59.7 Å². The molecule has 4 nitrogen and oxygen atoms in total. The van der Waals surface area contributed by atoms with Crippen molar-refractivity contribution in [2.45, 2.75) is 25.8 Å². The molecule has 0 spiro atoms. The van der Waals surface area contributed by atoms with Crippen LogP contribution in [0.25, 0.3) is 0 Å². The first-order chi connectivity index (χ1) is 15.1. The van der Waals surface area contributed by atoms with Crippen LogP contribution in [0, 0.1) is 0 Å². The van der Waals surface area contributed by atoms with Gasteiger partial charge < -0.3 is 9.80 Å². The maximum Gasteiger partial charge on any atom is 0.254 e. The third kappa shape index (κ3) is 4.68. The Morgan fingerprint density at radius 3 is 2.55 bits per heavy atom. The molecule has 1 aliphatic rings. The number of carbonyl (C=O) groups is 2. The molecule has 1 unspecified atom stereocenters. The minimum Gasteiger partial charge on any atom is -0.330 e. The topological polar surface area (TPSA) is 40.6 Å². The first-order valence-corrected chi connectivity index (χ1v) is 11.8.